The first kappa shape index (κ1) is 14.8. The summed E-state index contributed by atoms with van der Waals surface area (Å²) in [4.78, 5) is 0. The minimum Gasteiger partial charge on any atom is -0.491 e. The van der Waals surface area contributed by atoms with E-state index < -0.39 is 0 Å². The SMILES string of the molecule is Cc1ccc(OCCCOc2ccc(N)cc2N)c(N)c1. The second-order valence-corrected chi connectivity index (χ2v) is 4.89. The summed E-state index contributed by atoms with van der Waals surface area (Å²) in [6.45, 7) is 3.03. The number of hydrogen-bond donors (Lipinski definition) is 3. The van der Waals surface area contributed by atoms with Gasteiger partial charge in [0, 0.05) is 12.1 Å². The van der Waals surface area contributed by atoms with Crippen molar-refractivity contribution in [1.82, 2.24) is 0 Å². The number of nitrogens with two attached hydrogens (primary N) is 3. The average Bonchev–Trinajstić information content (AvgIpc) is 2.42. The van der Waals surface area contributed by atoms with Crippen molar-refractivity contribution in [1.29, 1.82) is 0 Å². The van der Waals surface area contributed by atoms with Crippen LogP contribution >= 0.6 is 0 Å². The Labute approximate surface area is 124 Å². The lowest BCUT2D eigenvalue weighted by Gasteiger charge is -2.11. The van der Waals surface area contributed by atoms with Gasteiger partial charge in [-0.25, -0.2) is 0 Å². The summed E-state index contributed by atoms with van der Waals surface area (Å²) in [6, 6.07) is 10.9. The van der Waals surface area contributed by atoms with Crippen molar-refractivity contribution < 1.29 is 9.47 Å². The van der Waals surface area contributed by atoms with Crippen LogP contribution in [0.2, 0.25) is 0 Å². The van der Waals surface area contributed by atoms with E-state index in [9.17, 15) is 0 Å². The minimum absolute atomic E-state index is 0.514. The number of benzene rings is 2. The summed E-state index contributed by atoms with van der Waals surface area (Å²) < 4.78 is 11.2. The van der Waals surface area contributed by atoms with Gasteiger partial charge in [-0.05, 0) is 42.8 Å². The number of hydrogen-bond acceptors (Lipinski definition) is 5. The van der Waals surface area contributed by atoms with Crippen LogP contribution in [0.25, 0.3) is 0 Å². The van der Waals surface area contributed by atoms with Gasteiger partial charge in [-0.15, -0.1) is 0 Å². The molecule has 0 amide bonds. The molecule has 0 saturated heterocycles. The topological polar surface area (TPSA) is 96.5 Å². The predicted molar refractivity (Wildman–Crippen MR) is 86.5 cm³/mol. The number of rotatable bonds is 6. The fourth-order valence-corrected chi connectivity index (χ4v) is 1.92. The molecule has 5 heteroatoms. The van der Waals surface area contributed by atoms with Gasteiger partial charge in [0.15, 0.2) is 0 Å². The van der Waals surface area contributed by atoms with E-state index in [1.165, 1.54) is 0 Å². The van der Waals surface area contributed by atoms with Crippen LogP contribution in [0.3, 0.4) is 0 Å². The van der Waals surface area contributed by atoms with E-state index in [1.807, 2.05) is 25.1 Å². The smallest absolute Gasteiger partial charge is 0.142 e. The molecule has 0 aliphatic rings. The Kier molecular flexibility index (Phi) is 4.77. The lowest BCUT2D eigenvalue weighted by Crippen LogP contribution is -2.07. The molecule has 2 rings (SSSR count). The molecule has 0 aromatic heterocycles. The normalized spacial score (nSPS) is 10.3. The average molecular weight is 287 g/mol. The Morgan fingerprint density at radius 1 is 0.810 bits per heavy atom. The van der Waals surface area contributed by atoms with Crippen LogP contribution in [-0.4, -0.2) is 13.2 Å². The number of aryl methyl sites for hydroxylation is 1. The largest absolute Gasteiger partial charge is 0.491 e. The summed E-state index contributed by atoms with van der Waals surface area (Å²) in [5.74, 6) is 1.34. The van der Waals surface area contributed by atoms with E-state index in [0.29, 0.717) is 41.8 Å². The van der Waals surface area contributed by atoms with Crippen LogP contribution in [0.15, 0.2) is 36.4 Å². The molecular formula is C16H21N3O2. The maximum absolute atomic E-state index is 5.88. The molecule has 2 aromatic rings. The molecule has 0 heterocycles. The Bertz CT molecular complexity index is 561. The monoisotopic (exact) mass is 287 g/mol. The summed E-state index contributed by atoms with van der Waals surface area (Å²) in [7, 11) is 0. The van der Waals surface area contributed by atoms with Crippen molar-refractivity contribution in [2.75, 3.05) is 30.4 Å². The summed E-state index contributed by atoms with van der Waals surface area (Å²) in [6.07, 6.45) is 0.733. The van der Waals surface area contributed by atoms with Crippen LogP contribution in [-0.2, 0) is 0 Å². The molecule has 0 atom stereocenters. The fraction of sp³-hybridized carbons (Fsp3) is 0.250. The van der Waals surface area contributed by atoms with E-state index >= 15 is 0 Å². The first-order chi connectivity index (χ1) is 10.1. The molecule has 0 bridgehead atoms. The number of ether oxygens (including phenoxy) is 2. The summed E-state index contributed by atoms with van der Waals surface area (Å²) >= 11 is 0. The second-order valence-electron chi connectivity index (χ2n) is 4.89. The third kappa shape index (κ3) is 4.21. The van der Waals surface area contributed by atoms with Crippen LogP contribution in [0, 0.1) is 6.92 Å². The van der Waals surface area contributed by atoms with E-state index in [4.69, 9.17) is 26.7 Å². The summed E-state index contributed by atoms with van der Waals surface area (Å²) in [5, 5.41) is 0. The van der Waals surface area contributed by atoms with Gasteiger partial charge in [-0.2, -0.15) is 0 Å². The van der Waals surface area contributed by atoms with Gasteiger partial charge in [0.25, 0.3) is 0 Å². The van der Waals surface area contributed by atoms with Gasteiger partial charge in [-0.3, -0.25) is 0 Å². The molecule has 21 heavy (non-hydrogen) atoms. The number of anilines is 3. The molecule has 0 fully saturated rings. The lowest BCUT2D eigenvalue weighted by molar-refractivity contribution is 0.249. The van der Waals surface area contributed by atoms with Gasteiger partial charge >= 0.3 is 0 Å². The standard InChI is InChI=1S/C16H21N3O2/c1-11-3-5-15(13(18)9-11)20-7-2-8-21-16-6-4-12(17)10-14(16)19/h3-6,9-10H,2,7-8,17-19H2,1H3. The van der Waals surface area contributed by atoms with Crippen molar-refractivity contribution in [3.8, 4) is 11.5 Å². The summed E-state index contributed by atoms with van der Waals surface area (Å²) in [5.41, 5.74) is 20.2. The maximum atomic E-state index is 5.88. The van der Waals surface area contributed by atoms with Crippen LogP contribution < -0.4 is 26.7 Å². The van der Waals surface area contributed by atoms with Gasteiger partial charge in [0.2, 0.25) is 0 Å². The third-order valence-corrected chi connectivity index (χ3v) is 3.00. The zero-order valence-corrected chi connectivity index (χ0v) is 12.1. The molecule has 2 aromatic carbocycles. The molecule has 0 spiro atoms. The van der Waals surface area contributed by atoms with Gasteiger partial charge in [0.1, 0.15) is 11.5 Å². The molecule has 0 aliphatic carbocycles. The zero-order valence-electron chi connectivity index (χ0n) is 12.1. The van der Waals surface area contributed by atoms with E-state index in [-0.39, 0.29) is 0 Å². The van der Waals surface area contributed by atoms with Gasteiger partial charge in [-0.1, -0.05) is 6.07 Å². The van der Waals surface area contributed by atoms with Crippen LogP contribution in [0.5, 0.6) is 11.5 Å². The first-order valence-corrected chi connectivity index (χ1v) is 6.83. The molecule has 0 radical (unpaired) electrons. The van der Waals surface area contributed by atoms with Crippen molar-refractivity contribution in [2.45, 2.75) is 13.3 Å². The van der Waals surface area contributed by atoms with E-state index in [0.717, 1.165) is 12.0 Å². The lowest BCUT2D eigenvalue weighted by atomic mass is 10.2. The third-order valence-electron chi connectivity index (χ3n) is 3.00. The zero-order chi connectivity index (χ0) is 15.2. The van der Waals surface area contributed by atoms with E-state index in [2.05, 4.69) is 0 Å². The highest BCUT2D eigenvalue weighted by Gasteiger charge is 2.02. The van der Waals surface area contributed by atoms with Gasteiger partial charge in [0.05, 0.1) is 24.6 Å². The highest BCUT2D eigenvalue weighted by molar-refractivity contribution is 5.60. The van der Waals surface area contributed by atoms with Gasteiger partial charge < -0.3 is 26.7 Å². The first-order valence-electron chi connectivity index (χ1n) is 6.83. The maximum Gasteiger partial charge on any atom is 0.142 e. The predicted octanol–water partition coefficient (Wildman–Crippen LogP) is 2.59. The van der Waals surface area contributed by atoms with Crippen molar-refractivity contribution in [2.24, 2.45) is 0 Å². The van der Waals surface area contributed by atoms with Crippen LogP contribution in [0.4, 0.5) is 17.1 Å². The fourth-order valence-electron chi connectivity index (χ4n) is 1.92. The molecule has 0 aliphatic heterocycles. The van der Waals surface area contributed by atoms with Crippen LogP contribution in [0.1, 0.15) is 12.0 Å². The molecular weight excluding hydrogens is 266 g/mol. The Morgan fingerprint density at radius 3 is 1.95 bits per heavy atom. The molecule has 6 N–H and O–H groups in total. The Balaban J connectivity index is 1.75. The van der Waals surface area contributed by atoms with Crippen molar-refractivity contribution in [3.05, 3.63) is 42.0 Å². The molecule has 0 unspecified atom stereocenters. The van der Waals surface area contributed by atoms with Crippen molar-refractivity contribution >= 4 is 17.1 Å². The van der Waals surface area contributed by atoms with E-state index in [1.54, 1.807) is 18.2 Å². The highest BCUT2D eigenvalue weighted by atomic mass is 16.5. The Morgan fingerprint density at radius 2 is 1.38 bits per heavy atom. The number of nitrogen functional groups attached to an aromatic ring is 3. The highest BCUT2D eigenvalue weighted by Crippen LogP contribution is 2.24. The molecule has 5 nitrogen and oxygen atoms in total. The second kappa shape index (κ2) is 6.74. The minimum atomic E-state index is 0.514. The molecule has 112 valence electrons. The Hall–Kier alpha value is -2.56. The quantitative estimate of drug-likeness (QED) is 0.560. The van der Waals surface area contributed by atoms with Crippen molar-refractivity contribution in [3.63, 3.8) is 0 Å². The molecule has 0 saturated carbocycles.